The van der Waals surface area contributed by atoms with Gasteiger partial charge >= 0.3 is 0 Å². The van der Waals surface area contributed by atoms with Gasteiger partial charge in [-0.2, -0.15) is 5.26 Å². The third-order valence-electron chi connectivity index (χ3n) is 3.24. The molecule has 5 heteroatoms. The Bertz CT molecular complexity index is 738. The van der Waals surface area contributed by atoms with Gasteiger partial charge in [0, 0.05) is 17.3 Å². The minimum atomic E-state index is -0.399. The summed E-state index contributed by atoms with van der Waals surface area (Å²) in [4.78, 5) is 0. The van der Waals surface area contributed by atoms with E-state index in [0.29, 0.717) is 16.7 Å². The topological polar surface area (TPSA) is 47.8 Å². The summed E-state index contributed by atoms with van der Waals surface area (Å²) in [6, 6.07) is 17.4. The molecule has 3 nitrogen and oxygen atoms in total. The Labute approximate surface area is 146 Å². The molecule has 0 aliphatic heterocycles. The van der Waals surface area contributed by atoms with Crippen LogP contribution in [0.25, 0.3) is 0 Å². The van der Waals surface area contributed by atoms with Gasteiger partial charge in [0.25, 0.3) is 0 Å². The fourth-order valence-electron chi connectivity index (χ4n) is 2.15. The predicted octanol–water partition coefficient (Wildman–Crippen LogP) is 4.47. The van der Waals surface area contributed by atoms with Gasteiger partial charge in [0.05, 0.1) is 12.0 Å². The summed E-state index contributed by atoms with van der Waals surface area (Å²) >= 11 is 11.5. The molecule has 2 aromatic carbocycles. The predicted molar refractivity (Wildman–Crippen MR) is 99.8 cm³/mol. The molecule has 23 heavy (non-hydrogen) atoms. The Morgan fingerprint density at radius 2 is 2.04 bits per heavy atom. The summed E-state index contributed by atoms with van der Waals surface area (Å²) in [5.41, 5.74) is 2.46. The molecule has 0 amide bonds. The van der Waals surface area contributed by atoms with Crippen LogP contribution in [0.1, 0.15) is 17.0 Å². The molecule has 0 aromatic heterocycles. The molecule has 2 aromatic rings. The number of rotatable bonds is 5. The lowest BCUT2D eigenvalue weighted by molar-refractivity contribution is 1.04. The molecule has 0 heterocycles. The number of halogens is 1. The number of thiocarbonyl (C=S) groups is 1. The van der Waals surface area contributed by atoms with Gasteiger partial charge in [0.1, 0.15) is 0 Å². The minimum absolute atomic E-state index is 0.399. The van der Waals surface area contributed by atoms with Crippen LogP contribution in [-0.4, -0.2) is 11.7 Å². The summed E-state index contributed by atoms with van der Waals surface area (Å²) in [5, 5.41) is 16.6. The lowest BCUT2D eigenvalue weighted by atomic mass is 9.92. The van der Waals surface area contributed by atoms with E-state index in [0.717, 1.165) is 16.8 Å². The van der Waals surface area contributed by atoms with Crippen molar-refractivity contribution < 1.29 is 0 Å². The van der Waals surface area contributed by atoms with Crippen LogP contribution in [0.5, 0.6) is 0 Å². The van der Waals surface area contributed by atoms with Crippen molar-refractivity contribution >= 4 is 34.6 Å². The summed E-state index contributed by atoms with van der Waals surface area (Å²) in [5.74, 6) is -0.399. The standard InChI is InChI=1S/C18H16ClN3S/c1-2-10-21-18(23)22-14-8-9-15(17(19)11-14)16(12-20)13-6-4-3-5-7-13/h2-9,11,16H,1,10H2,(H2,21,22,23)/t16-/m1/s1. The second-order valence-corrected chi connectivity index (χ2v) is 5.65. The van der Waals surface area contributed by atoms with E-state index in [1.165, 1.54) is 0 Å². The molecule has 0 bridgehead atoms. The minimum Gasteiger partial charge on any atom is -0.359 e. The van der Waals surface area contributed by atoms with Crippen LogP contribution >= 0.6 is 23.8 Å². The zero-order valence-corrected chi connectivity index (χ0v) is 14.0. The highest BCUT2D eigenvalue weighted by atomic mass is 35.5. The number of nitriles is 1. The van der Waals surface area contributed by atoms with Crippen LogP contribution in [0.3, 0.4) is 0 Å². The molecule has 116 valence electrons. The van der Waals surface area contributed by atoms with Gasteiger partial charge in [0.15, 0.2) is 5.11 Å². The first kappa shape index (κ1) is 17.0. The molecule has 0 unspecified atom stereocenters. The van der Waals surface area contributed by atoms with E-state index in [1.54, 1.807) is 12.1 Å². The Balaban J connectivity index is 2.20. The van der Waals surface area contributed by atoms with E-state index < -0.39 is 5.92 Å². The number of hydrogen-bond donors (Lipinski definition) is 2. The number of anilines is 1. The van der Waals surface area contributed by atoms with Crippen LogP contribution in [0.15, 0.2) is 61.2 Å². The van der Waals surface area contributed by atoms with Gasteiger partial charge in [-0.25, -0.2) is 0 Å². The van der Waals surface area contributed by atoms with E-state index in [2.05, 4.69) is 23.3 Å². The monoisotopic (exact) mass is 341 g/mol. The summed E-state index contributed by atoms with van der Waals surface area (Å²) < 4.78 is 0. The summed E-state index contributed by atoms with van der Waals surface area (Å²) in [6.45, 7) is 4.21. The van der Waals surface area contributed by atoms with E-state index in [4.69, 9.17) is 23.8 Å². The Hall–Kier alpha value is -2.35. The normalized spacial score (nSPS) is 11.1. The highest BCUT2D eigenvalue weighted by molar-refractivity contribution is 7.80. The van der Waals surface area contributed by atoms with Gasteiger partial charge in [-0.3, -0.25) is 0 Å². The van der Waals surface area contributed by atoms with Gasteiger partial charge in [-0.15, -0.1) is 6.58 Å². The first-order chi connectivity index (χ1) is 11.2. The van der Waals surface area contributed by atoms with Gasteiger partial charge in [0.2, 0.25) is 0 Å². The molecule has 2 rings (SSSR count). The SMILES string of the molecule is C=CCNC(=S)Nc1ccc([C@H](C#N)c2ccccc2)c(Cl)c1. The maximum absolute atomic E-state index is 9.50. The zero-order valence-electron chi connectivity index (χ0n) is 12.4. The van der Waals surface area contributed by atoms with Gasteiger partial charge in [-0.1, -0.05) is 54.1 Å². The third-order valence-corrected chi connectivity index (χ3v) is 3.81. The molecule has 0 aliphatic carbocycles. The van der Waals surface area contributed by atoms with E-state index in [-0.39, 0.29) is 0 Å². The largest absolute Gasteiger partial charge is 0.359 e. The maximum Gasteiger partial charge on any atom is 0.171 e. The second kappa shape index (κ2) is 8.33. The molecule has 0 spiro atoms. The average Bonchev–Trinajstić information content (AvgIpc) is 2.56. The van der Waals surface area contributed by atoms with Crippen LogP contribution in [0, 0.1) is 11.3 Å². The highest BCUT2D eigenvalue weighted by Crippen LogP contribution is 2.31. The number of nitrogens with zero attached hydrogens (tertiary/aromatic N) is 1. The van der Waals surface area contributed by atoms with Crippen molar-refractivity contribution in [3.05, 3.63) is 77.3 Å². The third kappa shape index (κ3) is 4.56. The molecular weight excluding hydrogens is 326 g/mol. The average molecular weight is 342 g/mol. The van der Waals surface area contributed by atoms with Crippen LogP contribution in [0.2, 0.25) is 5.02 Å². The molecule has 0 radical (unpaired) electrons. The summed E-state index contributed by atoms with van der Waals surface area (Å²) in [7, 11) is 0. The van der Waals surface area contributed by atoms with Crippen LogP contribution in [-0.2, 0) is 0 Å². The molecular formula is C18H16ClN3S. The van der Waals surface area contributed by atoms with Gasteiger partial charge < -0.3 is 10.6 Å². The first-order valence-corrected chi connectivity index (χ1v) is 7.84. The van der Waals surface area contributed by atoms with Crippen molar-refractivity contribution in [1.82, 2.24) is 5.32 Å². The maximum atomic E-state index is 9.50. The van der Waals surface area contributed by atoms with Crippen molar-refractivity contribution in [1.29, 1.82) is 5.26 Å². The van der Waals surface area contributed by atoms with E-state index in [1.807, 2.05) is 42.5 Å². The number of hydrogen-bond acceptors (Lipinski definition) is 2. The number of benzene rings is 2. The Kier molecular flexibility index (Phi) is 6.16. The molecule has 0 aliphatic rings. The van der Waals surface area contributed by atoms with Crippen molar-refractivity contribution in [2.24, 2.45) is 0 Å². The molecule has 0 saturated carbocycles. The number of nitrogens with one attached hydrogen (secondary N) is 2. The quantitative estimate of drug-likeness (QED) is 0.622. The lowest BCUT2D eigenvalue weighted by Crippen LogP contribution is -2.28. The van der Waals surface area contributed by atoms with Crippen molar-refractivity contribution in [3.63, 3.8) is 0 Å². The Morgan fingerprint density at radius 1 is 1.30 bits per heavy atom. The molecule has 1 atom stereocenters. The second-order valence-electron chi connectivity index (χ2n) is 4.83. The van der Waals surface area contributed by atoms with Crippen LogP contribution in [0.4, 0.5) is 5.69 Å². The van der Waals surface area contributed by atoms with Crippen molar-refractivity contribution in [2.45, 2.75) is 5.92 Å². The van der Waals surface area contributed by atoms with E-state index in [9.17, 15) is 5.26 Å². The fraction of sp³-hybridized carbons (Fsp3) is 0.111. The molecule has 0 fully saturated rings. The summed E-state index contributed by atoms with van der Waals surface area (Å²) in [6.07, 6.45) is 1.72. The van der Waals surface area contributed by atoms with Crippen molar-refractivity contribution in [2.75, 3.05) is 11.9 Å². The lowest BCUT2D eigenvalue weighted by Gasteiger charge is -2.14. The smallest absolute Gasteiger partial charge is 0.171 e. The van der Waals surface area contributed by atoms with Gasteiger partial charge in [-0.05, 0) is 35.5 Å². The highest BCUT2D eigenvalue weighted by Gasteiger charge is 2.16. The molecule has 2 N–H and O–H groups in total. The Morgan fingerprint density at radius 3 is 2.65 bits per heavy atom. The first-order valence-electron chi connectivity index (χ1n) is 7.05. The zero-order chi connectivity index (χ0) is 16.7. The van der Waals surface area contributed by atoms with Crippen LogP contribution < -0.4 is 10.6 Å². The molecule has 0 saturated heterocycles. The van der Waals surface area contributed by atoms with E-state index >= 15 is 0 Å². The van der Waals surface area contributed by atoms with Crippen molar-refractivity contribution in [3.8, 4) is 6.07 Å². The fourth-order valence-corrected chi connectivity index (χ4v) is 2.64.